The van der Waals surface area contributed by atoms with Crippen LogP contribution in [-0.4, -0.2) is 5.11 Å². The highest BCUT2D eigenvalue weighted by atomic mass is 32.1. The number of benzene rings is 1. The first kappa shape index (κ1) is 10.2. The summed E-state index contributed by atoms with van der Waals surface area (Å²) in [6.07, 6.45) is 0. The summed E-state index contributed by atoms with van der Waals surface area (Å²) in [5.74, 6) is 5.08. The van der Waals surface area contributed by atoms with Crippen LogP contribution in [0.15, 0.2) is 18.2 Å². The Hall–Kier alpha value is -1.84. The lowest BCUT2D eigenvalue weighted by Gasteiger charge is -2.07. The van der Waals surface area contributed by atoms with Gasteiger partial charge in [-0.2, -0.15) is 5.26 Å². The third-order valence-corrected chi connectivity index (χ3v) is 1.78. The molecular weight excluding hydrogens is 198 g/mol. The van der Waals surface area contributed by atoms with Gasteiger partial charge >= 0.3 is 0 Å². The molecule has 0 aliphatic rings. The highest BCUT2D eigenvalue weighted by Crippen LogP contribution is 2.16. The normalized spacial score (nSPS) is 8.86. The first-order valence-corrected chi connectivity index (χ1v) is 4.15. The lowest BCUT2D eigenvalue weighted by Crippen LogP contribution is -2.34. The van der Waals surface area contributed by atoms with Crippen LogP contribution in [0.5, 0.6) is 0 Å². The number of nitrogen functional groups attached to an aromatic ring is 1. The third kappa shape index (κ3) is 2.32. The number of rotatable bonds is 1. The largest absolute Gasteiger partial charge is 0.398 e. The Morgan fingerprint density at radius 3 is 2.79 bits per heavy atom. The van der Waals surface area contributed by atoms with Gasteiger partial charge in [-0.15, -0.1) is 0 Å². The molecule has 0 aliphatic heterocycles. The minimum atomic E-state index is 0.277. The predicted molar refractivity (Wildman–Crippen MR) is 59.1 cm³/mol. The van der Waals surface area contributed by atoms with Gasteiger partial charge in [0.25, 0.3) is 0 Å². The molecule has 6 heteroatoms. The van der Waals surface area contributed by atoms with Gasteiger partial charge in [-0.05, 0) is 30.4 Å². The summed E-state index contributed by atoms with van der Waals surface area (Å²) in [4.78, 5) is 0. The molecule has 0 amide bonds. The molecule has 14 heavy (non-hydrogen) atoms. The molecule has 1 aromatic rings. The van der Waals surface area contributed by atoms with Crippen LogP contribution in [0.25, 0.3) is 0 Å². The molecule has 0 saturated carbocycles. The van der Waals surface area contributed by atoms with Crippen molar-refractivity contribution >= 4 is 28.7 Å². The molecule has 0 bridgehead atoms. The molecule has 0 heterocycles. The first-order chi connectivity index (χ1) is 6.67. The Bertz CT molecular complexity index is 395. The van der Waals surface area contributed by atoms with Gasteiger partial charge in [0, 0.05) is 11.4 Å². The van der Waals surface area contributed by atoms with Crippen LogP contribution >= 0.6 is 12.2 Å². The standard InChI is InChI=1S/C8H9N5S/c9-4-5-3-6(1-2-7(5)10)12-8(14)13-11/h1-3H,10-11H2,(H2,12,13,14). The summed E-state index contributed by atoms with van der Waals surface area (Å²) in [5, 5.41) is 11.8. The SMILES string of the molecule is N#Cc1cc(NC(=S)NN)ccc1N. The van der Waals surface area contributed by atoms with Gasteiger partial charge in [-0.25, -0.2) is 5.84 Å². The van der Waals surface area contributed by atoms with Crippen LogP contribution in [0.3, 0.4) is 0 Å². The molecule has 5 nitrogen and oxygen atoms in total. The summed E-state index contributed by atoms with van der Waals surface area (Å²) in [5.41, 5.74) is 9.31. The van der Waals surface area contributed by atoms with Crippen LogP contribution in [0.4, 0.5) is 11.4 Å². The second kappa shape index (κ2) is 4.41. The fourth-order valence-corrected chi connectivity index (χ4v) is 1.02. The molecule has 0 aliphatic carbocycles. The zero-order chi connectivity index (χ0) is 10.6. The van der Waals surface area contributed by atoms with Gasteiger partial charge in [-0.3, -0.25) is 0 Å². The molecule has 0 radical (unpaired) electrons. The number of anilines is 2. The van der Waals surface area contributed by atoms with E-state index in [1.807, 2.05) is 6.07 Å². The fraction of sp³-hybridized carbons (Fsp3) is 0. The fourth-order valence-electron chi connectivity index (χ4n) is 0.898. The summed E-state index contributed by atoms with van der Waals surface area (Å²) in [6.45, 7) is 0. The van der Waals surface area contributed by atoms with Crippen molar-refractivity contribution in [1.29, 1.82) is 5.26 Å². The molecular formula is C8H9N5S. The number of hydrogen-bond donors (Lipinski definition) is 4. The molecule has 0 unspecified atom stereocenters. The van der Waals surface area contributed by atoms with E-state index in [1.54, 1.807) is 18.2 Å². The van der Waals surface area contributed by atoms with E-state index in [2.05, 4.69) is 10.7 Å². The van der Waals surface area contributed by atoms with Crippen LogP contribution in [0.1, 0.15) is 5.56 Å². The average molecular weight is 207 g/mol. The van der Waals surface area contributed by atoms with E-state index in [4.69, 9.17) is 29.1 Å². The van der Waals surface area contributed by atoms with Crippen molar-refractivity contribution in [2.75, 3.05) is 11.1 Å². The lowest BCUT2D eigenvalue weighted by atomic mass is 10.2. The van der Waals surface area contributed by atoms with Crippen LogP contribution in [0, 0.1) is 11.3 Å². The predicted octanol–water partition coefficient (Wildman–Crippen LogP) is 0.301. The topological polar surface area (TPSA) is 99.9 Å². The highest BCUT2D eigenvalue weighted by Gasteiger charge is 2.00. The zero-order valence-electron chi connectivity index (χ0n) is 7.24. The Labute approximate surface area is 86.7 Å². The van der Waals surface area contributed by atoms with Crippen molar-refractivity contribution in [2.24, 2.45) is 5.84 Å². The monoisotopic (exact) mass is 207 g/mol. The van der Waals surface area contributed by atoms with Crippen molar-refractivity contribution in [3.05, 3.63) is 23.8 Å². The van der Waals surface area contributed by atoms with Crippen molar-refractivity contribution in [1.82, 2.24) is 5.43 Å². The van der Waals surface area contributed by atoms with E-state index < -0.39 is 0 Å². The van der Waals surface area contributed by atoms with E-state index in [-0.39, 0.29) is 5.11 Å². The second-order valence-corrected chi connectivity index (χ2v) is 2.92. The molecule has 0 aromatic heterocycles. The van der Waals surface area contributed by atoms with Crippen LogP contribution < -0.4 is 22.3 Å². The number of nitrogens with one attached hydrogen (secondary N) is 2. The minimum Gasteiger partial charge on any atom is -0.398 e. The quantitative estimate of drug-likeness (QED) is 0.229. The molecule has 1 aromatic carbocycles. The van der Waals surface area contributed by atoms with E-state index in [1.165, 1.54) is 0 Å². The Kier molecular flexibility index (Phi) is 3.23. The van der Waals surface area contributed by atoms with Crippen molar-refractivity contribution in [2.45, 2.75) is 0 Å². The number of thiocarbonyl (C=S) groups is 1. The van der Waals surface area contributed by atoms with Gasteiger partial charge in [0.15, 0.2) is 5.11 Å². The van der Waals surface area contributed by atoms with Crippen molar-refractivity contribution in [3.63, 3.8) is 0 Å². The number of nitrogens with zero attached hydrogens (tertiary/aromatic N) is 1. The lowest BCUT2D eigenvalue weighted by molar-refractivity contribution is 1.04. The van der Waals surface area contributed by atoms with Crippen molar-refractivity contribution < 1.29 is 0 Å². The third-order valence-electron chi connectivity index (χ3n) is 1.56. The smallest absolute Gasteiger partial charge is 0.185 e. The molecule has 1 rings (SSSR count). The summed E-state index contributed by atoms with van der Waals surface area (Å²) < 4.78 is 0. The average Bonchev–Trinajstić information content (AvgIpc) is 2.20. The van der Waals surface area contributed by atoms with E-state index in [0.29, 0.717) is 16.9 Å². The molecule has 0 fully saturated rings. The molecule has 72 valence electrons. The number of hydrazine groups is 1. The molecule has 0 atom stereocenters. The van der Waals surface area contributed by atoms with Gasteiger partial charge < -0.3 is 16.5 Å². The Morgan fingerprint density at radius 2 is 2.21 bits per heavy atom. The maximum atomic E-state index is 8.70. The van der Waals surface area contributed by atoms with Gasteiger partial charge in [0.2, 0.25) is 0 Å². The molecule has 0 saturated heterocycles. The first-order valence-electron chi connectivity index (χ1n) is 3.74. The second-order valence-electron chi connectivity index (χ2n) is 2.51. The Balaban J connectivity index is 2.91. The van der Waals surface area contributed by atoms with Crippen LogP contribution in [0.2, 0.25) is 0 Å². The van der Waals surface area contributed by atoms with Gasteiger partial charge in [0.05, 0.1) is 5.56 Å². The van der Waals surface area contributed by atoms with Gasteiger partial charge in [0.1, 0.15) is 6.07 Å². The molecule has 0 spiro atoms. The Morgan fingerprint density at radius 1 is 1.50 bits per heavy atom. The summed E-state index contributed by atoms with van der Waals surface area (Å²) >= 11 is 4.79. The number of nitrogens with two attached hydrogens (primary N) is 2. The van der Waals surface area contributed by atoms with E-state index >= 15 is 0 Å². The van der Waals surface area contributed by atoms with Gasteiger partial charge in [-0.1, -0.05) is 0 Å². The maximum absolute atomic E-state index is 8.70. The van der Waals surface area contributed by atoms with Crippen molar-refractivity contribution in [3.8, 4) is 6.07 Å². The summed E-state index contributed by atoms with van der Waals surface area (Å²) in [7, 11) is 0. The van der Waals surface area contributed by atoms with E-state index in [0.717, 1.165) is 0 Å². The highest BCUT2D eigenvalue weighted by molar-refractivity contribution is 7.80. The van der Waals surface area contributed by atoms with Crippen LogP contribution in [-0.2, 0) is 0 Å². The maximum Gasteiger partial charge on any atom is 0.185 e. The number of hydrogen-bond acceptors (Lipinski definition) is 4. The molecule has 6 N–H and O–H groups in total. The minimum absolute atomic E-state index is 0.277. The summed E-state index contributed by atoms with van der Waals surface area (Å²) in [6, 6.07) is 6.90. The van der Waals surface area contributed by atoms with E-state index in [9.17, 15) is 0 Å². The number of nitriles is 1. The zero-order valence-corrected chi connectivity index (χ0v) is 8.06.